The summed E-state index contributed by atoms with van der Waals surface area (Å²) in [5.41, 5.74) is 9.83. The first-order chi connectivity index (χ1) is 11.5. The number of carbonyl (C=O) groups excluding carboxylic acids is 1. The molecule has 3 aromatic rings. The number of rotatable bonds is 4. The number of nitrogens with two attached hydrogens (primary N) is 1. The molecule has 0 fully saturated rings. The van der Waals surface area contributed by atoms with Crippen LogP contribution in [0.25, 0.3) is 22.4 Å². The normalized spacial score (nSPS) is 11.8. The topological polar surface area (TPSA) is 94.0 Å². The number of pyridine rings is 1. The number of hydrogen-bond acceptors (Lipinski definition) is 5. The molecule has 7 heteroatoms. The summed E-state index contributed by atoms with van der Waals surface area (Å²) in [7, 11) is 0. The molecule has 132 valence electrons. The van der Waals surface area contributed by atoms with E-state index >= 15 is 0 Å². The fourth-order valence-corrected chi connectivity index (χ4v) is 2.51. The van der Waals surface area contributed by atoms with E-state index in [4.69, 9.17) is 10.3 Å². The number of nitrogens with one attached hydrogen (secondary N) is 1. The Balaban J connectivity index is 0.00000225. The minimum atomic E-state index is -0.208. The van der Waals surface area contributed by atoms with Crippen LogP contribution in [0.3, 0.4) is 0 Å². The van der Waals surface area contributed by atoms with E-state index in [1.54, 1.807) is 13.0 Å². The van der Waals surface area contributed by atoms with Crippen molar-refractivity contribution >= 4 is 29.4 Å². The van der Waals surface area contributed by atoms with Crippen molar-refractivity contribution < 1.29 is 9.32 Å². The minimum absolute atomic E-state index is 0. The highest BCUT2D eigenvalue weighted by Crippen LogP contribution is 2.27. The highest BCUT2D eigenvalue weighted by Gasteiger charge is 2.20. The lowest BCUT2D eigenvalue weighted by Crippen LogP contribution is -2.37. The Morgan fingerprint density at radius 1 is 1.28 bits per heavy atom. The second-order valence-electron chi connectivity index (χ2n) is 5.98. The number of halogens is 1. The first kappa shape index (κ1) is 18.9. The molecule has 0 aliphatic heterocycles. The maximum Gasteiger partial charge on any atom is 0.259 e. The van der Waals surface area contributed by atoms with Gasteiger partial charge in [-0.3, -0.25) is 4.79 Å². The van der Waals surface area contributed by atoms with E-state index in [1.807, 2.05) is 38.1 Å². The maximum absolute atomic E-state index is 12.7. The molecule has 2 aromatic heterocycles. The van der Waals surface area contributed by atoms with Gasteiger partial charge in [0.1, 0.15) is 0 Å². The lowest BCUT2D eigenvalue weighted by molar-refractivity contribution is 0.0943. The summed E-state index contributed by atoms with van der Waals surface area (Å²) in [6.07, 6.45) is 0. The van der Waals surface area contributed by atoms with E-state index < -0.39 is 0 Å². The SMILES string of the molecule is Cc1ccc(-c2cc(C(=O)N[C@@H](C)CN)c3c(C)noc3n2)cc1.Cl. The third kappa shape index (κ3) is 3.81. The lowest BCUT2D eigenvalue weighted by Gasteiger charge is -2.12. The number of nitrogens with zero attached hydrogens (tertiary/aromatic N) is 2. The molecule has 0 unspecified atom stereocenters. The van der Waals surface area contributed by atoms with Gasteiger partial charge in [-0.25, -0.2) is 4.98 Å². The summed E-state index contributed by atoms with van der Waals surface area (Å²) in [4.78, 5) is 17.2. The maximum atomic E-state index is 12.7. The van der Waals surface area contributed by atoms with Crippen molar-refractivity contribution in [3.63, 3.8) is 0 Å². The van der Waals surface area contributed by atoms with Gasteiger partial charge in [0.05, 0.1) is 22.3 Å². The molecule has 0 bridgehead atoms. The molecule has 0 saturated carbocycles. The Hall–Kier alpha value is -2.44. The summed E-state index contributed by atoms with van der Waals surface area (Å²) < 4.78 is 5.29. The van der Waals surface area contributed by atoms with Crippen LogP contribution >= 0.6 is 12.4 Å². The van der Waals surface area contributed by atoms with Gasteiger partial charge in [-0.1, -0.05) is 35.0 Å². The molecule has 1 atom stereocenters. The Kier molecular flexibility index (Phi) is 5.77. The van der Waals surface area contributed by atoms with Gasteiger partial charge in [-0.2, -0.15) is 0 Å². The third-order valence-electron chi connectivity index (χ3n) is 3.94. The van der Waals surface area contributed by atoms with E-state index in [0.29, 0.717) is 34.6 Å². The van der Waals surface area contributed by atoms with Gasteiger partial charge < -0.3 is 15.6 Å². The van der Waals surface area contributed by atoms with Crippen LogP contribution in [0, 0.1) is 13.8 Å². The van der Waals surface area contributed by atoms with Crippen molar-refractivity contribution in [2.75, 3.05) is 6.54 Å². The van der Waals surface area contributed by atoms with Gasteiger partial charge in [0.2, 0.25) is 0 Å². The van der Waals surface area contributed by atoms with E-state index in [2.05, 4.69) is 15.5 Å². The largest absolute Gasteiger partial charge is 0.348 e. The highest BCUT2D eigenvalue weighted by atomic mass is 35.5. The molecule has 2 heterocycles. The average molecular weight is 361 g/mol. The van der Waals surface area contributed by atoms with Gasteiger partial charge in [0, 0.05) is 18.2 Å². The molecule has 6 nitrogen and oxygen atoms in total. The molecule has 1 amide bonds. The Morgan fingerprint density at radius 3 is 2.60 bits per heavy atom. The van der Waals surface area contributed by atoms with Crippen LogP contribution < -0.4 is 11.1 Å². The van der Waals surface area contributed by atoms with Crippen LogP contribution in [0.5, 0.6) is 0 Å². The van der Waals surface area contributed by atoms with Gasteiger partial charge in [0.15, 0.2) is 0 Å². The highest BCUT2D eigenvalue weighted by molar-refractivity contribution is 6.07. The predicted octanol–water partition coefficient (Wildman–Crippen LogP) is 3.01. The van der Waals surface area contributed by atoms with Crippen LogP contribution in [0.2, 0.25) is 0 Å². The quantitative estimate of drug-likeness (QED) is 0.745. The number of benzene rings is 1. The zero-order chi connectivity index (χ0) is 17.3. The standard InChI is InChI=1S/C18H20N4O2.ClH/c1-10-4-6-13(7-5-10)15-8-14(17(23)20-11(2)9-19)16-12(3)22-24-18(16)21-15;/h4-8,11H,9,19H2,1-3H3,(H,20,23);1H/t11-;/m0./s1. The lowest BCUT2D eigenvalue weighted by atomic mass is 10.0. The zero-order valence-corrected chi connectivity index (χ0v) is 15.2. The second-order valence-corrected chi connectivity index (χ2v) is 5.98. The van der Waals surface area contributed by atoms with Crippen molar-refractivity contribution in [3.05, 3.63) is 47.2 Å². The molecule has 3 rings (SSSR count). The molecule has 3 N–H and O–H groups in total. The van der Waals surface area contributed by atoms with Gasteiger partial charge in [-0.15, -0.1) is 12.4 Å². The molecule has 25 heavy (non-hydrogen) atoms. The number of amides is 1. The first-order valence-electron chi connectivity index (χ1n) is 7.84. The fourth-order valence-electron chi connectivity index (χ4n) is 2.51. The number of hydrogen-bond donors (Lipinski definition) is 2. The third-order valence-corrected chi connectivity index (χ3v) is 3.94. The van der Waals surface area contributed by atoms with E-state index in [0.717, 1.165) is 11.1 Å². The van der Waals surface area contributed by atoms with Crippen LogP contribution in [-0.4, -0.2) is 28.6 Å². The summed E-state index contributed by atoms with van der Waals surface area (Å²) in [6.45, 7) is 6.04. The summed E-state index contributed by atoms with van der Waals surface area (Å²) in [6, 6.07) is 9.60. The van der Waals surface area contributed by atoms with Crippen molar-refractivity contribution in [2.24, 2.45) is 5.73 Å². The van der Waals surface area contributed by atoms with E-state index in [9.17, 15) is 4.79 Å². The Labute approximate surface area is 152 Å². The Morgan fingerprint density at radius 2 is 1.96 bits per heavy atom. The Bertz CT molecular complexity index is 890. The fraction of sp³-hybridized carbons (Fsp3) is 0.278. The van der Waals surface area contributed by atoms with Crippen LogP contribution in [0.15, 0.2) is 34.9 Å². The van der Waals surface area contributed by atoms with Crippen molar-refractivity contribution in [1.29, 1.82) is 0 Å². The molecule has 0 aliphatic rings. The van der Waals surface area contributed by atoms with Crippen LogP contribution in [-0.2, 0) is 0 Å². The van der Waals surface area contributed by atoms with Crippen molar-refractivity contribution in [1.82, 2.24) is 15.5 Å². The van der Waals surface area contributed by atoms with Crippen LogP contribution in [0.1, 0.15) is 28.5 Å². The average Bonchev–Trinajstić information content (AvgIpc) is 2.95. The molecule has 0 aliphatic carbocycles. The van der Waals surface area contributed by atoms with Crippen molar-refractivity contribution in [3.8, 4) is 11.3 Å². The number of fused-ring (bicyclic) bond motifs is 1. The molecular weight excluding hydrogens is 340 g/mol. The van der Waals surface area contributed by atoms with Gasteiger partial charge >= 0.3 is 0 Å². The summed E-state index contributed by atoms with van der Waals surface area (Å²) >= 11 is 0. The van der Waals surface area contributed by atoms with E-state index in [-0.39, 0.29) is 24.4 Å². The predicted molar refractivity (Wildman–Crippen MR) is 99.9 cm³/mol. The van der Waals surface area contributed by atoms with E-state index in [1.165, 1.54) is 0 Å². The minimum Gasteiger partial charge on any atom is -0.348 e. The molecule has 0 saturated heterocycles. The monoisotopic (exact) mass is 360 g/mol. The molecule has 1 aromatic carbocycles. The molecular formula is C18H21ClN4O2. The van der Waals surface area contributed by atoms with Crippen molar-refractivity contribution in [2.45, 2.75) is 26.8 Å². The summed E-state index contributed by atoms with van der Waals surface area (Å²) in [5, 5.41) is 7.46. The summed E-state index contributed by atoms with van der Waals surface area (Å²) in [5.74, 6) is -0.208. The second kappa shape index (κ2) is 7.63. The van der Waals surface area contributed by atoms with Gasteiger partial charge in [0.25, 0.3) is 11.6 Å². The molecule has 0 spiro atoms. The van der Waals surface area contributed by atoms with Gasteiger partial charge in [-0.05, 0) is 26.8 Å². The smallest absolute Gasteiger partial charge is 0.259 e. The first-order valence-corrected chi connectivity index (χ1v) is 7.84. The number of carbonyl (C=O) groups is 1. The molecule has 0 radical (unpaired) electrons. The number of aromatic nitrogens is 2. The van der Waals surface area contributed by atoms with Crippen LogP contribution in [0.4, 0.5) is 0 Å². The number of aryl methyl sites for hydroxylation is 2. The zero-order valence-electron chi connectivity index (χ0n) is 14.4.